The molecule has 1 heterocycles. The van der Waals surface area contributed by atoms with Crippen LogP contribution in [0.1, 0.15) is 38.3 Å². The van der Waals surface area contributed by atoms with Crippen LogP contribution in [0, 0.1) is 3.01 Å². The van der Waals surface area contributed by atoms with Crippen LogP contribution in [0.3, 0.4) is 0 Å². The fourth-order valence-corrected chi connectivity index (χ4v) is 3.45. The van der Waals surface area contributed by atoms with Crippen molar-refractivity contribution in [3.8, 4) is 0 Å². The Kier molecular flexibility index (Phi) is 5.58. The van der Waals surface area contributed by atoms with Crippen molar-refractivity contribution in [1.29, 1.82) is 0 Å². The SMILES string of the molecule is CCCCCCc1nc(I)sc1Cl. The monoisotopic (exact) mass is 329 g/mol. The van der Waals surface area contributed by atoms with Crippen molar-refractivity contribution in [1.82, 2.24) is 4.98 Å². The van der Waals surface area contributed by atoms with Crippen molar-refractivity contribution in [2.24, 2.45) is 0 Å². The maximum absolute atomic E-state index is 6.01. The van der Waals surface area contributed by atoms with Crippen LogP contribution in [0.25, 0.3) is 0 Å². The molecule has 0 bridgehead atoms. The highest BCUT2D eigenvalue weighted by Gasteiger charge is 2.06. The first-order valence-electron chi connectivity index (χ1n) is 4.54. The van der Waals surface area contributed by atoms with Crippen LogP contribution in [-0.4, -0.2) is 4.98 Å². The molecular weight excluding hydrogens is 317 g/mol. The zero-order chi connectivity index (χ0) is 9.68. The molecular formula is C9H13ClINS. The van der Waals surface area contributed by atoms with E-state index >= 15 is 0 Å². The molecule has 1 aromatic rings. The molecule has 0 N–H and O–H groups in total. The summed E-state index contributed by atoms with van der Waals surface area (Å²) in [5, 5.41) is 0. The van der Waals surface area contributed by atoms with Crippen LogP contribution < -0.4 is 0 Å². The lowest BCUT2D eigenvalue weighted by Gasteiger charge is -1.96. The summed E-state index contributed by atoms with van der Waals surface area (Å²) in [6, 6.07) is 0. The molecule has 0 unspecified atom stereocenters. The topological polar surface area (TPSA) is 12.9 Å². The van der Waals surface area contributed by atoms with Crippen LogP contribution >= 0.6 is 45.5 Å². The molecule has 1 rings (SSSR count). The van der Waals surface area contributed by atoms with Gasteiger partial charge in [0.05, 0.1) is 5.69 Å². The van der Waals surface area contributed by atoms with Gasteiger partial charge in [-0.05, 0) is 35.4 Å². The van der Waals surface area contributed by atoms with Crippen molar-refractivity contribution in [2.45, 2.75) is 39.0 Å². The van der Waals surface area contributed by atoms with Crippen LogP contribution in [0.4, 0.5) is 0 Å². The van der Waals surface area contributed by atoms with E-state index < -0.39 is 0 Å². The Labute approximate surface area is 102 Å². The maximum atomic E-state index is 6.01. The summed E-state index contributed by atoms with van der Waals surface area (Å²) in [4.78, 5) is 4.38. The lowest BCUT2D eigenvalue weighted by molar-refractivity contribution is 0.662. The molecule has 0 aromatic carbocycles. The molecule has 0 aliphatic rings. The minimum absolute atomic E-state index is 0.876. The van der Waals surface area contributed by atoms with Crippen molar-refractivity contribution in [3.63, 3.8) is 0 Å². The predicted octanol–water partition coefficient (Wildman–Crippen LogP) is 4.52. The highest BCUT2D eigenvalue weighted by Crippen LogP contribution is 2.26. The van der Waals surface area contributed by atoms with E-state index in [0.717, 1.165) is 19.5 Å². The largest absolute Gasteiger partial charge is 0.233 e. The van der Waals surface area contributed by atoms with Crippen molar-refractivity contribution >= 4 is 45.5 Å². The van der Waals surface area contributed by atoms with Gasteiger partial charge in [-0.1, -0.05) is 49.1 Å². The van der Waals surface area contributed by atoms with Gasteiger partial charge in [0.1, 0.15) is 4.34 Å². The zero-order valence-corrected chi connectivity index (χ0v) is 11.4. The van der Waals surface area contributed by atoms with Gasteiger partial charge in [-0.2, -0.15) is 0 Å². The fraction of sp³-hybridized carbons (Fsp3) is 0.667. The van der Waals surface area contributed by atoms with Gasteiger partial charge >= 0.3 is 0 Å². The molecule has 0 atom stereocenters. The first-order valence-corrected chi connectivity index (χ1v) is 6.82. The van der Waals surface area contributed by atoms with Gasteiger partial charge in [0.15, 0.2) is 3.01 Å². The zero-order valence-electron chi connectivity index (χ0n) is 7.65. The highest BCUT2D eigenvalue weighted by atomic mass is 127. The quantitative estimate of drug-likeness (QED) is 0.571. The smallest absolute Gasteiger partial charge is 0.155 e. The van der Waals surface area contributed by atoms with E-state index in [-0.39, 0.29) is 0 Å². The van der Waals surface area contributed by atoms with Crippen molar-refractivity contribution < 1.29 is 0 Å². The average Bonchev–Trinajstić information content (AvgIpc) is 2.39. The molecule has 0 aliphatic carbocycles. The molecule has 0 saturated heterocycles. The van der Waals surface area contributed by atoms with Gasteiger partial charge in [0, 0.05) is 0 Å². The third kappa shape index (κ3) is 4.13. The van der Waals surface area contributed by atoms with Gasteiger partial charge in [-0.25, -0.2) is 4.98 Å². The molecule has 13 heavy (non-hydrogen) atoms. The Bertz CT molecular complexity index is 262. The second-order valence-corrected chi connectivity index (χ2v) is 6.35. The van der Waals surface area contributed by atoms with E-state index in [2.05, 4.69) is 34.5 Å². The Morgan fingerprint density at radius 2 is 2.15 bits per heavy atom. The van der Waals surface area contributed by atoms with Crippen LogP contribution in [0.2, 0.25) is 4.34 Å². The lowest BCUT2D eigenvalue weighted by Crippen LogP contribution is -1.86. The number of unbranched alkanes of at least 4 members (excludes halogenated alkanes) is 3. The minimum Gasteiger partial charge on any atom is -0.233 e. The molecule has 74 valence electrons. The summed E-state index contributed by atoms with van der Waals surface area (Å²) < 4.78 is 1.92. The number of nitrogens with zero attached hydrogens (tertiary/aromatic N) is 1. The number of hydrogen-bond acceptors (Lipinski definition) is 2. The molecule has 0 radical (unpaired) electrons. The summed E-state index contributed by atoms with van der Waals surface area (Å²) >= 11 is 9.80. The Hall–Kier alpha value is 0.650. The molecule has 0 fully saturated rings. The van der Waals surface area contributed by atoms with E-state index in [0.29, 0.717) is 0 Å². The van der Waals surface area contributed by atoms with Gasteiger partial charge in [-0.3, -0.25) is 0 Å². The molecule has 1 nitrogen and oxygen atoms in total. The number of halogens is 2. The van der Waals surface area contributed by atoms with Crippen molar-refractivity contribution in [2.75, 3.05) is 0 Å². The standard InChI is InChI=1S/C9H13ClINS/c1-2-3-4-5-6-7-8(10)13-9(11)12-7/h2-6H2,1H3. The first kappa shape index (κ1) is 11.7. The van der Waals surface area contributed by atoms with E-state index in [9.17, 15) is 0 Å². The predicted molar refractivity (Wildman–Crippen MR) is 67.7 cm³/mol. The maximum Gasteiger partial charge on any atom is 0.155 e. The summed E-state index contributed by atoms with van der Waals surface area (Å²) in [6.07, 6.45) is 6.15. The Balaban J connectivity index is 2.32. The molecule has 0 saturated carbocycles. The van der Waals surface area contributed by atoms with E-state index in [4.69, 9.17) is 11.6 Å². The van der Waals surface area contributed by atoms with Crippen LogP contribution in [0.5, 0.6) is 0 Å². The van der Waals surface area contributed by atoms with Crippen LogP contribution in [-0.2, 0) is 6.42 Å². The van der Waals surface area contributed by atoms with E-state index in [1.165, 1.54) is 25.7 Å². The summed E-state index contributed by atoms with van der Waals surface area (Å²) in [7, 11) is 0. The first-order chi connectivity index (χ1) is 6.24. The van der Waals surface area contributed by atoms with E-state index in [1.807, 2.05) is 0 Å². The van der Waals surface area contributed by atoms with Gasteiger partial charge in [0.25, 0.3) is 0 Å². The minimum atomic E-state index is 0.876. The second kappa shape index (κ2) is 6.19. The summed E-state index contributed by atoms with van der Waals surface area (Å²) in [6.45, 7) is 2.22. The molecule has 0 spiro atoms. The van der Waals surface area contributed by atoms with Gasteiger partial charge in [-0.15, -0.1) is 0 Å². The summed E-state index contributed by atoms with van der Waals surface area (Å²) in [5.41, 5.74) is 1.09. The van der Waals surface area contributed by atoms with Crippen LogP contribution in [0.15, 0.2) is 0 Å². The number of hydrogen-bond donors (Lipinski definition) is 0. The van der Waals surface area contributed by atoms with Crippen molar-refractivity contribution in [3.05, 3.63) is 13.0 Å². The Morgan fingerprint density at radius 1 is 1.38 bits per heavy atom. The molecule has 0 aliphatic heterocycles. The highest BCUT2D eigenvalue weighted by molar-refractivity contribution is 14.1. The number of rotatable bonds is 5. The van der Waals surface area contributed by atoms with Gasteiger partial charge in [0.2, 0.25) is 0 Å². The lowest BCUT2D eigenvalue weighted by atomic mass is 10.1. The summed E-state index contributed by atoms with van der Waals surface area (Å²) in [5.74, 6) is 0. The fourth-order valence-electron chi connectivity index (χ4n) is 1.18. The third-order valence-electron chi connectivity index (χ3n) is 1.89. The number of aryl methyl sites for hydroxylation is 1. The molecule has 1 aromatic heterocycles. The third-order valence-corrected chi connectivity index (χ3v) is 3.92. The van der Waals surface area contributed by atoms with E-state index in [1.54, 1.807) is 11.3 Å². The second-order valence-electron chi connectivity index (χ2n) is 3.00. The molecule has 0 amide bonds. The normalized spacial score (nSPS) is 10.7. The number of thiazole rings is 1. The van der Waals surface area contributed by atoms with Gasteiger partial charge < -0.3 is 0 Å². The molecule has 4 heteroatoms. The number of aromatic nitrogens is 1. The average molecular weight is 330 g/mol. The Morgan fingerprint density at radius 3 is 2.69 bits per heavy atom.